The summed E-state index contributed by atoms with van der Waals surface area (Å²) in [5.74, 6) is -0.822. The lowest BCUT2D eigenvalue weighted by Crippen LogP contribution is -2.50. The van der Waals surface area contributed by atoms with Crippen LogP contribution in [0.2, 0.25) is 0 Å². The third kappa shape index (κ3) is 6.42. The second-order valence-electron chi connectivity index (χ2n) is 6.82. The molecule has 0 spiro atoms. The summed E-state index contributed by atoms with van der Waals surface area (Å²) >= 11 is 0. The molecule has 0 bridgehead atoms. The number of benzene rings is 2. The van der Waals surface area contributed by atoms with Crippen molar-refractivity contribution in [1.82, 2.24) is 5.32 Å². The molecule has 0 aromatic heterocycles. The lowest BCUT2D eigenvalue weighted by atomic mass is 9.98. The Bertz CT molecular complexity index is 805. The highest BCUT2D eigenvalue weighted by molar-refractivity contribution is 5.95. The molecule has 1 amide bonds. The largest absolute Gasteiger partial charge is 0.489 e. The fraction of sp³-hybridized carbons (Fsp3) is 0.333. The Morgan fingerprint density at radius 3 is 2.56 bits per heavy atom. The molecule has 6 heteroatoms. The van der Waals surface area contributed by atoms with Crippen LogP contribution < -0.4 is 10.1 Å². The molecule has 2 rings (SSSR count). The summed E-state index contributed by atoms with van der Waals surface area (Å²) in [7, 11) is 1.46. The first kappa shape index (κ1) is 20.5. The molecular weight excluding hydrogens is 346 g/mol. The van der Waals surface area contributed by atoms with E-state index in [4.69, 9.17) is 14.6 Å². The molecule has 0 aliphatic rings. The molecule has 144 valence electrons. The summed E-state index contributed by atoms with van der Waals surface area (Å²) in [5.41, 5.74) is 1.58. The summed E-state index contributed by atoms with van der Waals surface area (Å²) in [5, 5.41) is 11.8. The van der Waals surface area contributed by atoms with Gasteiger partial charge in [-0.25, -0.2) is 0 Å². The number of hydrogen-bond donors (Lipinski definition) is 2. The Morgan fingerprint density at radius 1 is 1.15 bits per heavy atom. The van der Waals surface area contributed by atoms with Gasteiger partial charge >= 0.3 is 5.97 Å². The number of methoxy groups -OCH3 is 1. The predicted octanol–water partition coefficient (Wildman–Crippen LogP) is 3.18. The van der Waals surface area contributed by atoms with Gasteiger partial charge in [0.15, 0.2) is 0 Å². The number of aliphatic carboxylic acids is 1. The molecule has 0 saturated carbocycles. The Labute approximate surface area is 159 Å². The van der Waals surface area contributed by atoms with Gasteiger partial charge in [-0.15, -0.1) is 0 Å². The number of nitrogens with one attached hydrogen (secondary N) is 1. The molecule has 0 heterocycles. The van der Waals surface area contributed by atoms with Crippen molar-refractivity contribution in [3.8, 4) is 5.75 Å². The van der Waals surface area contributed by atoms with Gasteiger partial charge in [-0.1, -0.05) is 35.9 Å². The van der Waals surface area contributed by atoms with E-state index in [2.05, 4.69) is 5.32 Å². The van der Waals surface area contributed by atoms with E-state index in [1.54, 1.807) is 31.2 Å². The van der Waals surface area contributed by atoms with Crippen molar-refractivity contribution in [2.24, 2.45) is 0 Å². The van der Waals surface area contributed by atoms with Crippen LogP contribution in [-0.2, 0) is 16.1 Å². The minimum absolute atomic E-state index is 0.0919. The molecule has 0 saturated heterocycles. The molecule has 1 unspecified atom stereocenters. The van der Waals surface area contributed by atoms with Crippen LogP contribution in [0.3, 0.4) is 0 Å². The van der Waals surface area contributed by atoms with Gasteiger partial charge in [0.05, 0.1) is 18.6 Å². The third-order valence-electron chi connectivity index (χ3n) is 4.00. The average molecular weight is 371 g/mol. The fourth-order valence-electron chi connectivity index (χ4n) is 2.83. The van der Waals surface area contributed by atoms with Crippen LogP contribution in [0, 0.1) is 6.92 Å². The number of aryl methyl sites for hydroxylation is 1. The molecule has 0 aliphatic heterocycles. The van der Waals surface area contributed by atoms with Crippen LogP contribution in [-0.4, -0.2) is 36.2 Å². The van der Waals surface area contributed by atoms with E-state index in [0.717, 1.165) is 11.1 Å². The molecule has 27 heavy (non-hydrogen) atoms. The van der Waals surface area contributed by atoms with E-state index in [1.807, 2.05) is 31.2 Å². The maximum absolute atomic E-state index is 12.6. The molecule has 0 aliphatic carbocycles. The fourth-order valence-corrected chi connectivity index (χ4v) is 2.83. The Hall–Kier alpha value is -2.86. The smallest absolute Gasteiger partial charge is 0.305 e. The topological polar surface area (TPSA) is 84.9 Å². The van der Waals surface area contributed by atoms with Gasteiger partial charge in [0.2, 0.25) is 0 Å². The van der Waals surface area contributed by atoms with Crippen molar-refractivity contribution < 1.29 is 24.2 Å². The van der Waals surface area contributed by atoms with Gasteiger partial charge < -0.3 is 19.9 Å². The highest BCUT2D eigenvalue weighted by Gasteiger charge is 2.30. The first-order valence-electron chi connectivity index (χ1n) is 8.63. The summed E-state index contributed by atoms with van der Waals surface area (Å²) in [6.45, 7) is 4.14. The molecule has 6 nitrogen and oxygen atoms in total. The molecule has 2 aromatic rings. The number of carboxylic acid groups (broad SMARTS) is 1. The van der Waals surface area contributed by atoms with Crippen LogP contribution in [0.5, 0.6) is 5.75 Å². The quantitative estimate of drug-likeness (QED) is 0.707. The Balaban J connectivity index is 2.06. The third-order valence-corrected chi connectivity index (χ3v) is 4.00. The zero-order chi connectivity index (χ0) is 19.9. The number of carbonyl (C=O) groups excluding carboxylic acids is 1. The SMILES string of the molecule is COCC(C)(CC(=O)O)NC(=O)c1cccc(OCc2cccc(C)c2)c1. The average Bonchev–Trinajstić information content (AvgIpc) is 2.59. The zero-order valence-electron chi connectivity index (χ0n) is 15.8. The minimum Gasteiger partial charge on any atom is -0.489 e. The standard InChI is InChI=1S/C21H25NO5/c1-15-6-4-7-16(10-15)13-27-18-9-5-8-17(11-18)20(25)22-21(2,14-26-3)12-19(23)24/h4-11H,12-14H2,1-3H3,(H,22,25)(H,23,24). The molecule has 2 aromatic carbocycles. The van der Waals surface area contributed by atoms with E-state index in [0.29, 0.717) is 17.9 Å². The van der Waals surface area contributed by atoms with Crippen molar-refractivity contribution in [2.45, 2.75) is 32.4 Å². The van der Waals surface area contributed by atoms with Crippen LogP contribution >= 0.6 is 0 Å². The first-order chi connectivity index (χ1) is 12.8. The Kier molecular flexibility index (Phi) is 6.96. The lowest BCUT2D eigenvalue weighted by molar-refractivity contribution is -0.139. The van der Waals surface area contributed by atoms with Crippen LogP contribution in [0.25, 0.3) is 0 Å². The van der Waals surface area contributed by atoms with Crippen molar-refractivity contribution >= 4 is 11.9 Å². The van der Waals surface area contributed by atoms with E-state index in [1.165, 1.54) is 7.11 Å². The molecule has 0 radical (unpaired) electrons. The predicted molar refractivity (Wildman–Crippen MR) is 102 cm³/mol. The second-order valence-corrected chi connectivity index (χ2v) is 6.82. The number of carboxylic acids is 1. The normalized spacial score (nSPS) is 12.9. The zero-order valence-corrected chi connectivity index (χ0v) is 15.8. The number of carbonyl (C=O) groups is 2. The van der Waals surface area contributed by atoms with Gasteiger partial charge in [-0.3, -0.25) is 9.59 Å². The summed E-state index contributed by atoms with van der Waals surface area (Å²) in [4.78, 5) is 23.7. The maximum atomic E-state index is 12.6. The van der Waals surface area contributed by atoms with E-state index in [9.17, 15) is 9.59 Å². The molecule has 0 fully saturated rings. The monoisotopic (exact) mass is 371 g/mol. The number of amides is 1. The summed E-state index contributed by atoms with van der Waals surface area (Å²) in [6.07, 6.45) is -0.240. The molecule has 2 N–H and O–H groups in total. The maximum Gasteiger partial charge on any atom is 0.305 e. The van der Waals surface area contributed by atoms with Crippen molar-refractivity contribution in [2.75, 3.05) is 13.7 Å². The van der Waals surface area contributed by atoms with Crippen LogP contribution in [0.4, 0.5) is 0 Å². The molecular formula is C21H25NO5. The van der Waals surface area contributed by atoms with Crippen molar-refractivity contribution in [1.29, 1.82) is 0 Å². The van der Waals surface area contributed by atoms with Crippen molar-refractivity contribution in [3.05, 3.63) is 65.2 Å². The summed E-state index contributed by atoms with van der Waals surface area (Å²) in [6, 6.07) is 14.8. The lowest BCUT2D eigenvalue weighted by Gasteiger charge is -2.28. The summed E-state index contributed by atoms with van der Waals surface area (Å²) < 4.78 is 10.8. The Morgan fingerprint density at radius 2 is 1.89 bits per heavy atom. The van der Waals surface area contributed by atoms with Gasteiger partial charge in [-0.05, 0) is 37.6 Å². The first-order valence-corrected chi connectivity index (χ1v) is 8.63. The van der Waals surface area contributed by atoms with Gasteiger partial charge in [0.1, 0.15) is 12.4 Å². The highest BCUT2D eigenvalue weighted by atomic mass is 16.5. The minimum atomic E-state index is -1.01. The van der Waals surface area contributed by atoms with E-state index >= 15 is 0 Å². The van der Waals surface area contributed by atoms with Gasteiger partial charge in [-0.2, -0.15) is 0 Å². The van der Waals surface area contributed by atoms with Gasteiger partial charge in [0.25, 0.3) is 5.91 Å². The number of ether oxygens (including phenoxy) is 2. The molecule has 1 atom stereocenters. The number of rotatable bonds is 9. The van der Waals surface area contributed by atoms with E-state index < -0.39 is 11.5 Å². The highest BCUT2D eigenvalue weighted by Crippen LogP contribution is 2.18. The van der Waals surface area contributed by atoms with Crippen LogP contribution in [0.15, 0.2) is 48.5 Å². The van der Waals surface area contributed by atoms with Crippen LogP contribution in [0.1, 0.15) is 34.8 Å². The van der Waals surface area contributed by atoms with Gasteiger partial charge in [0, 0.05) is 12.7 Å². The van der Waals surface area contributed by atoms with E-state index in [-0.39, 0.29) is 18.9 Å². The van der Waals surface area contributed by atoms with Crippen molar-refractivity contribution in [3.63, 3.8) is 0 Å². The number of hydrogen-bond acceptors (Lipinski definition) is 4. The second kappa shape index (κ2) is 9.19.